The highest BCUT2D eigenvalue weighted by Crippen LogP contribution is 2.47. The summed E-state index contributed by atoms with van der Waals surface area (Å²) >= 11 is 0. The molecule has 0 spiro atoms. The van der Waals surface area contributed by atoms with Gasteiger partial charge in [-0.3, -0.25) is 9.59 Å². The summed E-state index contributed by atoms with van der Waals surface area (Å²) in [5, 5.41) is 13.7. The summed E-state index contributed by atoms with van der Waals surface area (Å²) in [6.45, 7) is 6.10. The molecule has 3 aromatic carbocycles. The highest BCUT2D eigenvalue weighted by molar-refractivity contribution is 6.71. The Bertz CT molecular complexity index is 1620. The number of hydrogen-bond acceptors (Lipinski definition) is 6. The van der Waals surface area contributed by atoms with E-state index in [0.717, 1.165) is 27.6 Å². The second kappa shape index (κ2) is 14.0. The van der Waals surface area contributed by atoms with Crippen molar-refractivity contribution >= 4 is 36.7 Å². The molecule has 4 atom stereocenters. The van der Waals surface area contributed by atoms with E-state index < -0.39 is 20.0 Å². The lowest BCUT2D eigenvalue weighted by Crippen LogP contribution is -2.50. The van der Waals surface area contributed by atoms with Gasteiger partial charge < -0.3 is 34.6 Å². The van der Waals surface area contributed by atoms with Crippen molar-refractivity contribution in [3.8, 4) is 5.75 Å². The Morgan fingerprint density at radius 1 is 1.09 bits per heavy atom. The number of anilines is 1. The van der Waals surface area contributed by atoms with E-state index in [1.54, 1.807) is 18.1 Å². The molecule has 0 fully saturated rings. The largest absolute Gasteiger partial charge is 0.490 e. The zero-order chi connectivity index (χ0) is 32.1. The van der Waals surface area contributed by atoms with E-state index in [1.165, 1.54) is 0 Å². The van der Waals surface area contributed by atoms with E-state index in [2.05, 4.69) is 10.3 Å². The van der Waals surface area contributed by atoms with Crippen LogP contribution in [0.25, 0.3) is 10.9 Å². The Labute approximate surface area is 265 Å². The van der Waals surface area contributed by atoms with Crippen molar-refractivity contribution in [2.24, 2.45) is 5.92 Å². The minimum absolute atomic E-state index is 0.0886. The van der Waals surface area contributed by atoms with Gasteiger partial charge in [-0.15, -0.1) is 0 Å². The first kappa shape index (κ1) is 32.4. The number of amides is 2. The van der Waals surface area contributed by atoms with Crippen molar-refractivity contribution in [2.45, 2.75) is 57.2 Å². The molecule has 1 aliphatic heterocycles. The number of aromatic nitrogens is 1. The zero-order valence-corrected chi connectivity index (χ0v) is 27.3. The number of rotatable bonds is 12. The molecule has 0 bridgehead atoms. The number of aliphatic hydroxyl groups is 1. The topological polar surface area (TPSA) is 124 Å². The maximum atomic E-state index is 13.7. The molecule has 9 nitrogen and oxygen atoms in total. The maximum absolute atomic E-state index is 13.7. The average Bonchev–Trinajstić information content (AvgIpc) is 3.42. The number of methoxy groups -OCH3 is 1. The lowest BCUT2D eigenvalue weighted by atomic mass is 9.86. The molecule has 5 rings (SSSR count). The predicted molar refractivity (Wildman–Crippen MR) is 177 cm³/mol. The summed E-state index contributed by atoms with van der Waals surface area (Å²) in [5.41, 5.74) is 3.89. The first-order chi connectivity index (χ1) is 21.6. The monoisotopic (exact) mass is 629 g/mol. The van der Waals surface area contributed by atoms with Crippen LogP contribution in [0.3, 0.4) is 0 Å². The van der Waals surface area contributed by atoms with Gasteiger partial charge in [0.1, 0.15) is 11.9 Å². The van der Waals surface area contributed by atoms with E-state index in [0.29, 0.717) is 18.0 Å². The number of fused-ring (bicyclic) bond motifs is 2. The second-order valence-electron chi connectivity index (χ2n) is 12.4. The van der Waals surface area contributed by atoms with Crippen LogP contribution in [0.2, 0.25) is 18.6 Å². The fourth-order valence-corrected chi connectivity index (χ4v) is 8.26. The molecule has 238 valence electrons. The van der Waals surface area contributed by atoms with Crippen LogP contribution in [0, 0.1) is 5.92 Å². The van der Waals surface area contributed by atoms with Crippen LogP contribution >= 0.6 is 0 Å². The number of carbonyl (C=O) groups excluding carboxylic acids is 2. The normalized spacial score (nSPS) is 18.6. The molecule has 1 aliphatic rings. The van der Waals surface area contributed by atoms with Gasteiger partial charge >= 0.3 is 0 Å². The fourth-order valence-electron chi connectivity index (χ4n) is 6.41. The molecular weight excluding hydrogens is 586 g/mol. The summed E-state index contributed by atoms with van der Waals surface area (Å²) in [6, 6.07) is 23.1. The third-order valence-electron chi connectivity index (χ3n) is 8.78. The SMILES string of the molecule is CO[C@H]1c2cc(NC(=O)Cc3c[nH]c4ccccc34)ccc2O[C@@H](C(CC(=O)N(CCO)Cc2ccccc2)[Si](C)(C)O)[C@@H]1C. The number of aromatic amines is 1. The Kier molecular flexibility index (Phi) is 10.1. The number of benzene rings is 3. The van der Waals surface area contributed by atoms with Gasteiger partial charge in [-0.1, -0.05) is 55.5 Å². The van der Waals surface area contributed by atoms with Crippen LogP contribution in [0.15, 0.2) is 79.0 Å². The van der Waals surface area contributed by atoms with Crippen molar-refractivity contribution in [3.63, 3.8) is 0 Å². The van der Waals surface area contributed by atoms with Crippen LogP contribution in [-0.2, 0) is 27.3 Å². The van der Waals surface area contributed by atoms with E-state index in [9.17, 15) is 19.5 Å². The summed E-state index contributed by atoms with van der Waals surface area (Å²) in [4.78, 5) is 43.0. The van der Waals surface area contributed by atoms with Crippen LogP contribution in [-0.4, -0.2) is 66.3 Å². The molecule has 0 aliphatic carbocycles. The Balaban J connectivity index is 1.33. The average molecular weight is 630 g/mol. The molecule has 4 N–H and O–H groups in total. The third kappa shape index (κ3) is 7.47. The van der Waals surface area contributed by atoms with E-state index in [-0.39, 0.29) is 49.8 Å². The van der Waals surface area contributed by atoms with Crippen LogP contribution in [0.4, 0.5) is 5.69 Å². The highest BCUT2D eigenvalue weighted by atomic mass is 28.4. The number of nitrogens with one attached hydrogen (secondary N) is 2. The molecule has 10 heteroatoms. The van der Waals surface area contributed by atoms with Crippen molar-refractivity contribution in [1.82, 2.24) is 9.88 Å². The molecule has 2 amide bonds. The van der Waals surface area contributed by atoms with E-state index in [4.69, 9.17) is 9.47 Å². The molecule has 0 saturated carbocycles. The Morgan fingerprint density at radius 3 is 2.53 bits per heavy atom. The molecule has 45 heavy (non-hydrogen) atoms. The van der Waals surface area contributed by atoms with Gasteiger partial charge in [0.25, 0.3) is 0 Å². The smallest absolute Gasteiger partial charge is 0.228 e. The molecular formula is C35H43N3O6Si. The first-order valence-electron chi connectivity index (χ1n) is 15.4. The number of para-hydroxylation sites is 1. The second-order valence-corrected chi connectivity index (χ2v) is 16.5. The van der Waals surface area contributed by atoms with Gasteiger partial charge in [-0.25, -0.2) is 0 Å². The van der Waals surface area contributed by atoms with Gasteiger partial charge in [-0.2, -0.15) is 0 Å². The van der Waals surface area contributed by atoms with E-state index >= 15 is 0 Å². The van der Waals surface area contributed by atoms with Gasteiger partial charge in [-0.05, 0) is 48.5 Å². The quantitative estimate of drug-likeness (QED) is 0.155. The number of aliphatic hydroxyl groups excluding tert-OH is 1. The molecule has 1 unspecified atom stereocenters. The van der Waals surface area contributed by atoms with Gasteiger partial charge in [0.05, 0.1) is 19.1 Å². The van der Waals surface area contributed by atoms with Crippen LogP contribution in [0.5, 0.6) is 5.75 Å². The van der Waals surface area contributed by atoms with Gasteiger partial charge in [0.2, 0.25) is 11.8 Å². The molecule has 1 aromatic heterocycles. The van der Waals surface area contributed by atoms with Crippen LogP contribution < -0.4 is 10.1 Å². The lowest BCUT2D eigenvalue weighted by Gasteiger charge is -2.44. The summed E-state index contributed by atoms with van der Waals surface area (Å²) in [5.74, 6) is 0.130. The molecule has 2 heterocycles. The van der Waals surface area contributed by atoms with Gasteiger partial charge in [0.15, 0.2) is 8.32 Å². The van der Waals surface area contributed by atoms with E-state index in [1.807, 2.05) is 92.9 Å². The highest BCUT2D eigenvalue weighted by Gasteiger charge is 2.47. The van der Waals surface area contributed by atoms with Gasteiger partial charge in [0, 0.05) is 66.4 Å². The van der Waals surface area contributed by atoms with Crippen molar-refractivity contribution in [2.75, 3.05) is 25.6 Å². The maximum Gasteiger partial charge on any atom is 0.228 e. The number of carbonyl (C=O) groups is 2. The summed E-state index contributed by atoms with van der Waals surface area (Å²) in [7, 11) is -1.30. The fraction of sp³-hybridized carbons (Fsp3) is 0.371. The molecule has 0 radical (unpaired) electrons. The Hall–Kier alpha value is -3.96. The Morgan fingerprint density at radius 2 is 1.82 bits per heavy atom. The molecule has 4 aromatic rings. The number of hydrogen-bond donors (Lipinski definition) is 4. The lowest BCUT2D eigenvalue weighted by molar-refractivity contribution is -0.133. The minimum Gasteiger partial charge on any atom is -0.490 e. The number of ether oxygens (including phenoxy) is 2. The summed E-state index contributed by atoms with van der Waals surface area (Å²) < 4.78 is 12.6. The van der Waals surface area contributed by atoms with Crippen molar-refractivity contribution in [3.05, 3.63) is 95.7 Å². The van der Waals surface area contributed by atoms with Crippen molar-refractivity contribution in [1.29, 1.82) is 0 Å². The minimum atomic E-state index is -2.94. The zero-order valence-electron chi connectivity index (χ0n) is 26.3. The molecule has 0 saturated heterocycles. The van der Waals surface area contributed by atoms with Crippen molar-refractivity contribution < 1.29 is 29.0 Å². The third-order valence-corrected chi connectivity index (χ3v) is 11.1. The standard InChI is InChI=1S/C35H43N3O6Si/c1-23-34(43-2)28-19-26(37-32(40)18-25-21-36-29-13-9-8-12-27(25)29)14-15-30(28)44-35(23)31(45(3,4)42)20-33(41)38(16-17-39)22-24-10-6-5-7-11-24/h5-15,19,21,23,31,34-36,39,42H,16-18,20,22H2,1-4H3,(H,37,40)/t23-,31?,34-,35-/m1/s1. The summed E-state index contributed by atoms with van der Waals surface area (Å²) in [6.07, 6.45) is 1.33. The predicted octanol–water partition coefficient (Wildman–Crippen LogP) is 5.41. The number of H-pyrrole nitrogens is 1. The number of nitrogens with zero attached hydrogens (tertiary/aromatic N) is 1. The van der Waals surface area contributed by atoms with Crippen LogP contribution in [0.1, 0.15) is 36.1 Å². The first-order valence-corrected chi connectivity index (χ1v) is 18.4.